The summed E-state index contributed by atoms with van der Waals surface area (Å²) in [4.78, 5) is 12.9. The van der Waals surface area contributed by atoms with Gasteiger partial charge >= 0.3 is 5.63 Å². The molecule has 1 aromatic heterocycles. The molecule has 9 heteroatoms. The van der Waals surface area contributed by atoms with Crippen LogP contribution in [0.4, 0.5) is 0 Å². The van der Waals surface area contributed by atoms with Gasteiger partial charge in [0, 0.05) is 18.4 Å². The Labute approximate surface area is 256 Å². The van der Waals surface area contributed by atoms with Gasteiger partial charge in [-0.3, -0.25) is 0 Å². The molecule has 6 N–H and O–H groups in total. The molecule has 0 spiro atoms. The van der Waals surface area contributed by atoms with Crippen LogP contribution in [0.15, 0.2) is 50.7 Å². The highest BCUT2D eigenvalue weighted by atomic mass is 16.5. The molecule has 1 saturated heterocycles. The lowest BCUT2D eigenvalue weighted by Gasteiger charge is -2.36. The topological polar surface area (TPSA) is 161 Å². The van der Waals surface area contributed by atoms with E-state index in [1.807, 2.05) is 13.0 Å². The summed E-state index contributed by atoms with van der Waals surface area (Å²) in [6.07, 6.45) is 8.44. The Morgan fingerprint density at radius 2 is 1.84 bits per heavy atom. The van der Waals surface area contributed by atoms with Gasteiger partial charge in [-0.25, -0.2) is 4.79 Å². The number of hydrogen-bond donors (Lipinski definition) is 6. The van der Waals surface area contributed by atoms with Gasteiger partial charge in [-0.05, 0) is 40.0 Å². The number of allylic oxidation sites excluding steroid dienone is 3. The maximum atomic E-state index is 12.9. The molecular weight excluding hydrogens is 552 g/mol. The molecule has 43 heavy (non-hydrogen) atoms. The van der Waals surface area contributed by atoms with Gasteiger partial charge in [0.05, 0.1) is 36.9 Å². The summed E-state index contributed by atoms with van der Waals surface area (Å²) >= 11 is 0. The number of ether oxygens (including phenoxy) is 1. The van der Waals surface area contributed by atoms with E-state index in [0.29, 0.717) is 5.92 Å². The first-order valence-corrected chi connectivity index (χ1v) is 15.6. The van der Waals surface area contributed by atoms with Crippen molar-refractivity contribution in [1.82, 2.24) is 0 Å². The Hall–Kier alpha value is -2.27. The molecular formula is C34H54O9. The number of aliphatic hydroxyl groups is 5. The lowest BCUT2D eigenvalue weighted by atomic mass is 9.82. The fourth-order valence-corrected chi connectivity index (χ4v) is 5.56. The lowest BCUT2D eigenvalue weighted by Crippen LogP contribution is -2.46. The molecule has 244 valence electrons. The summed E-state index contributed by atoms with van der Waals surface area (Å²) in [7, 11) is 0. The van der Waals surface area contributed by atoms with Gasteiger partial charge in [-0.2, -0.15) is 0 Å². The normalized spacial score (nSPS) is 24.3. The van der Waals surface area contributed by atoms with Crippen molar-refractivity contribution in [1.29, 1.82) is 0 Å². The van der Waals surface area contributed by atoms with E-state index >= 15 is 0 Å². The minimum absolute atomic E-state index is 0.0118. The second kappa shape index (κ2) is 17.3. The second-order valence-corrected chi connectivity index (χ2v) is 12.8. The van der Waals surface area contributed by atoms with Gasteiger partial charge < -0.3 is 39.8 Å². The molecule has 1 aromatic rings. The van der Waals surface area contributed by atoms with Crippen molar-refractivity contribution in [3.05, 3.63) is 63.3 Å². The van der Waals surface area contributed by atoms with Crippen molar-refractivity contribution in [2.45, 2.75) is 122 Å². The maximum absolute atomic E-state index is 12.9. The van der Waals surface area contributed by atoms with E-state index < -0.39 is 53.9 Å². The average Bonchev–Trinajstić information content (AvgIpc) is 2.95. The van der Waals surface area contributed by atoms with E-state index in [0.717, 1.165) is 12.0 Å². The highest BCUT2D eigenvalue weighted by molar-refractivity contribution is 5.36. The standard InChI is InChI=1S/C34H54O9/c1-7-8-9-10-11-21(2)14-23(4)16-24(19-35)15-22(3)12-13-28(39)34(5,6)29-18-26(37)30(33(41)43-29)32-31(40)27(38)17-25(20-36)42-32/h12-13,15-16,18,21,24-25,27-28,31-32,35-40H,7-11,14,17,19-20H2,1-6H3/t21-,24+,25-,27-,28+,31+,32+/m1/s1. The van der Waals surface area contributed by atoms with Crippen molar-refractivity contribution in [2.24, 2.45) is 11.8 Å². The van der Waals surface area contributed by atoms with E-state index in [9.17, 15) is 35.4 Å². The minimum atomic E-state index is -1.50. The van der Waals surface area contributed by atoms with Crippen LogP contribution in [0.5, 0.6) is 5.75 Å². The van der Waals surface area contributed by atoms with E-state index in [1.54, 1.807) is 26.0 Å². The molecule has 9 nitrogen and oxygen atoms in total. The molecule has 2 heterocycles. The van der Waals surface area contributed by atoms with E-state index in [4.69, 9.17) is 9.15 Å². The Morgan fingerprint density at radius 1 is 1.14 bits per heavy atom. The van der Waals surface area contributed by atoms with Crippen molar-refractivity contribution in [3.63, 3.8) is 0 Å². The highest BCUT2D eigenvalue weighted by Gasteiger charge is 2.41. The third-order valence-corrected chi connectivity index (χ3v) is 8.33. The molecule has 0 amide bonds. The van der Waals surface area contributed by atoms with Gasteiger partial charge in [-0.15, -0.1) is 0 Å². The first-order valence-electron chi connectivity index (χ1n) is 15.6. The van der Waals surface area contributed by atoms with Crippen LogP contribution in [-0.2, 0) is 10.2 Å². The van der Waals surface area contributed by atoms with Crippen LogP contribution >= 0.6 is 0 Å². The van der Waals surface area contributed by atoms with Crippen LogP contribution in [-0.4, -0.2) is 68.3 Å². The zero-order valence-corrected chi connectivity index (χ0v) is 26.7. The van der Waals surface area contributed by atoms with Crippen molar-refractivity contribution in [3.8, 4) is 5.75 Å². The first-order chi connectivity index (χ1) is 20.2. The zero-order valence-electron chi connectivity index (χ0n) is 26.7. The molecule has 0 unspecified atom stereocenters. The zero-order chi connectivity index (χ0) is 32.3. The Balaban J connectivity index is 2.14. The quantitative estimate of drug-likeness (QED) is 0.0899. The van der Waals surface area contributed by atoms with Crippen LogP contribution in [0, 0.1) is 11.8 Å². The van der Waals surface area contributed by atoms with Gasteiger partial charge in [0.25, 0.3) is 0 Å². The number of unbranched alkanes of at least 4 members (excludes halogenated alkanes) is 3. The lowest BCUT2D eigenvalue weighted by molar-refractivity contribution is -0.180. The molecule has 0 radical (unpaired) electrons. The highest BCUT2D eigenvalue weighted by Crippen LogP contribution is 2.37. The van der Waals surface area contributed by atoms with Crippen LogP contribution in [0.1, 0.15) is 104 Å². The molecule has 1 aliphatic heterocycles. The van der Waals surface area contributed by atoms with Crippen molar-refractivity contribution < 1.29 is 39.8 Å². The minimum Gasteiger partial charge on any atom is -0.507 e. The molecule has 1 fully saturated rings. The second-order valence-electron chi connectivity index (χ2n) is 12.8. The van der Waals surface area contributed by atoms with Gasteiger partial charge in [-0.1, -0.05) is 81.4 Å². The van der Waals surface area contributed by atoms with E-state index in [1.165, 1.54) is 43.7 Å². The fourth-order valence-electron chi connectivity index (χ4n) is 5.56. The average molecular weight is 607 g/mol. The van der Waals surface area contributed by atoms with Gasteiger partial charge in [0.15, 0.2) is 0 Å². The van der Waals surface area contributed by atoms with Crippen LogP contribution in [0.25, 0.3) is 0 Å². The molecule has 1 aliphatic rings. The molecule has 2 rings (SSSR count). The van der Waals surface area contributed by atoms with Crippen molar-refractivity contribution >= 4 is 0 Å². The Kier molecular flexibility index (Phi) is 14.8. The van der Waals surface area contributed by atoms with Crippen LogP contribution in [0.3, 0.4) is 0 Å². The van der Waals surface area contributed by atoms with Crippen LogP contribution < -0.4 is 5.63 Å². The maximum Gasteiger partial charge on any atom is 0.345 e. The Bertz CT molecular complexity index is 1150. The largest absolute Gasteiger partial charge is 0.507 e. The number of aliphatic hydroxyl groups excluding tert-OH is 5. The molecule has 0 aromatic carbocycles. The third-order valence-electron chi connectivity index (χ3n) is 8.33. The Morgan fingerprint density at radius 3 is 2.44 bits per heavy atom. The predicted molar refractivity (Wildman–Crippen MR) is 167 cm³/mol. The third kappa shape index (κ3) is 10.7. The first kappa shape index (κ1) is 36.9. The molecule has 0 aliphatic carbocycles. The summed E-state index contributed by atoms with van der Waals surface area (Å²) < 4.78 is 11.0. The number of hydrogen-bond acceptors (Lipinski definition) is 9. The summed E-state index contributed by atoms with van der Waals surface area (Å²) in [5.74, 6) is -0.0686. The number of aromatic hydroxyl groups is 1. The van der Waals surface area contributed by atoms with Crippen molar-refractivity contribution in [2.75, 3.05) is 13.2 Å². The molecule has 0 bridgehead atoms. The predicted octanol–water partition coefficient (Wildman–Crippen LogP) is 4.58. The summed E-state index contributed by atoms with van der Waals surface area (Å²) in [5.41, 5.74) is -0.399. The monoisotopic (exact) mass is 606 g/mol. The van der Waals surface area contributed by atoms with E-state index in [2.05, 4.69) is 26.8 Å². The summed E-state index contributed by atoms with van der Waals surface area (Å²) in [6.45, 7) is 11.3. The SMILES string of the molecule is CCCCCC[C@@H](C)CC(C)=C[C@H](C=C(C)C=C[C@H](O)C(C)(C)c1cc(O)c([C@@H]2O[C@@H](CO)C[C@@H](O)[C@@H]2O)c(=O)o1)CO. The van der Waals surface area contributed by atoms with Gasteiger partial charge in [0.2, 0.25) is 0 Å². The van der Waals surface area contributed by atoms with E-state index in [-0.39, 0.29) is 30.3 Å². The molecule has 0 saturated carbocycles. The summed E-state index contributed by atoms with van der Waals surface area (Å²) in [6, 6.07) is 1.20. The number of rotatable bonds is 16. The van der Waals surface area contributed by atoms with Crippen LogP contribution in [0.2, 0.25) is 0 Å². The summed E-state index contributed by atoms with van der Waals surface area (Å²) in [5, 5.41) is 61.7. The smallest absolute Gasteiger partial charge is 0.345 e. The molecule has 7 atom stereocenters. The van der Waals surface area contributed by atoms with Gasteiger partial charge in [0.1, 0.15) is 29.3 Å². The fraction of sp³-hybridized carbons (Fsp3) is 0.676.